The molecule has 0 aliphatic heterocycles. The van der Waals surface area contributed by atoms with Crippen LogP contribution in [0.5, 0.6) is 11.5 Å². The molecule has 0 aliphatic carbocycles. The van der Waals surface area contributed by atoms with Gasteiger partial charge in [0.05, 0.1) is 5.56 Å². The standard InChI is InChI=1S/C31H44F2O3/c1-3-5-7-9-10-11-12-14-25-16-20-28(21-17-25)36-31(34)26-18-22-27(23-19-26)35-24-30(33)29(32)15-13-8-6-4-2/h16-23,29-30H,3-15,24H2,1-2H3. The monoisotopic (exact) mass is 502 g/mol. The van der Waals surface area contributed by atoms with Gasteiger partial charge in [-0.1, -0.05) is 90.2 Å². The van der Waals surface area contributed by atoms with Gasteiger partial charge in [0.2, 0.25) is 0 Å². The van der Waals surface area contributed by atoms with Crippen molar-refractivity contribution >= 4 is 5.97 Å². The lowest BCUT2D eigenvalue weighted by atomic mass is 10.0. The minimum atomic E-state index is -1.66. The second-order valence-electron chi connectivity index (χ2n) is 9.62. The van der Waals surface area contributed by atoms with Crippen LogP contribution in [-0.4, -0.2) is 24.9 Å². The minimum Gasteiger partial charge on any atom is -0.490 e. The number of carbonyl (C=O) groups excluding carboxylic acids is 1. The molecule has 0 aliphatic rings. The Morgan fingerprint density at radius 2 is 1.25 bits per heavy atom. The van der Waals surface area contributed by atoms with E-state index in [9.17, 15) is 13.6 Å². The first-order valence-corrected chi connectivity index (χ1v) is 13.9. The molecule has 2 unspecified atom stereocenters. The molecule has 3 nitrogen and oxygen atoms in total. The summed E-state index contributed by atoms with van der Waals surface area (Å²) < 4.78 is 38.8. The summed E-state index contributed by atoms with van der Waals surface area (Å²) in [6, 6.07) is 13.9. The van der Waals surface area contributed by atoms with Crippen LogP contribution in [0, 0.1) is 0 Å². The quantitative estimate of drug-likeness (QED) is 0.109. The number of hydrogen-bond acceptors (Lipinski definition) is 3. The first kappa shape index (κ1) is 29.8. The van der Waals surface area contributed by atoms with E-state index in [1.54, 1.807) is 24.3 Å². The molecule has 2 rings (SSSR count). The number of esters is 1. The Morgan fingerprint density at radius 3 is 1.89 bits per heavy atom. The van der Waals surface area contributed by atoms with E-state index in [-0.39, 0.29) is 13.0 Å². The number of hydrogen-bond donors (Lipinski definition) is 0. The van der Waals surface area contributed by atoms with Crippen molar-refractivity contribution in [2.45, 2.75) is 110 Å². The number of carbonyl (C=O) groups is 1. The first-order valence-electron chi connectivity index (χ1n) is 13.9. The van der Waals surface area contributed by atoms with Crippen molar-refractivity contribution in [1.82, 2.24) is 0 Å². The van der Waals surface area contributed by atoms with Gasteiger partial charge in [0.25, 0.3) is 0 Å². The van der Waals surface area contributed by atoms with Gasteiger partial charge in [-0.25, -0.2) is 13.6 Å². The van der Waals surface area contributed by atoms with Gasteiger partial charge in [-0.05, 0) is 61.2 Å². The van der Waals surface area contributed by atoms with Crippen LogP contribution < -0.4 is 9.47 Å². The maximum atomic E-state index is 14.0. The van der Waals surface area contributed by atoms with Crippen LogP contribution in [0.4, 0.5) is 8.78 Å². The van der Waals surface area contributed by atoms with Gasteiger partial charge in [-0.15, -0.1) is 0 Å². The lowest BCUT2D eigenvalue weighted by Gasteiger charge is -2.14. The first-order chi connectivity index (χ1) is 17.5. The number of unbranched alkanes of at least 4 members (excludes halogenated alkanes) is 9. The van der Waals surface area contributed by atoms with Crippen molar-refractivity contribution in [2.75, 3.05) is 6.61 Å². The maximum Gasteiger partial charge on any atom is 0.343 e. The topological polar surface area (TPSA) is 35.5 Å². The number of aryl methyl sites for hydroxylation is 1. The zero-order valence-corrected chi connectivity index (χ0v) is 22.2. The third-order valence-electron chi connectivity index (χ3n) is 6.43. The summed E-state index contributed by atoms with van der Waals surface area (Å²) >= 11 is 0. The molecule has 0 aromatic heterocycles. The highest BCUT2D eigenvalue weighted by molar-refractivity contribution is 5.91. The van der Waals surface area contributed by atoms with E-state index >= 15 is 0 Å². The van der Waals surface area contributed by atoms with Gasteiger partial charge in [0, 0.05) is 0 Å². The Bertz CT molecular complexity index is 836. The van der Waals surface area contributed by atoms with E-state index in [0.29, 0.717) is 23.5 Å². The highest BCUT2D eigenvalue weighted by Gasteiger charge is 2.21. The zero-order valence-electron chi connectivity index (χ0n) is 22.2. The summed E-state index contributed by atoms with van der Waals surface area (Å²) in [6.45, 7) is 3.97. The lowest BCUT2D eigenvalue weighted by Crippen LogP contribution is -2.24. The number of alkyl halides is 2. The van der Waals surface area contributed by atoms with Gasteiger partial charge in [-0.2, -0.15) is 0 Å². The third-order valence-corrected chi connectivity index (χ3v) is 6.43. The Morgan fingerprint density at radius 1 is 0.694 bits per heavy atom. The number of ether oxygens (including phenoxy) is 2. The van der Waals surface area contributed by atoms with Gasteiger partial charge >= 0.3 is 5.97 Å². The average Bonchev–Trinajstić information content (AvgIpc) is 2.90. The van der Waals surface area contributed by atoms with Crippen molar-refractivity contribution in [3.63, 3.8) is 0 Å². The molecule has 0 N–H and O–H groups in total. The number of halogens is 2. The largest absolute Gasteiger partial charge is 0.490 e. The van der Waals surface area contributed by atoms with Crippen LogP contribution >= 0.6 is 0 Å². The molecule has 5 heteroatoms. The lowest BCUT2D eigenvalue weighted by molar-refractivity contribution is 0.0734. The molecule has 0 spiro atoms. The summed E-state index contributed by atoms with van der Waals surface area (Å²) in [5.74, 6) is 0.416. The van der Waals surface area contributed by atoms with Crippen molar-refractivity contribution in [1.29, 1.82) is 0 Å². The molecular weight excluding hydrogens is 458 g/mol. The van der Waals surface area contributed by atoms with E-state index in [0.717, 1.165) is 25.7 Å². The van der Waals surface area contributed by atoms with Crippen molar-refractivity contribution in [2.24, 2.45) is 0 Å². The molecule has 0 saturated carbocycles. The molecule has 2 aromatic rings. The predicted molar refractivity (Wildman–Crippen MR) is 144 cm³/mol. The third kappa shape index (κ3) is 12.0. The zero-order chi connectivity index (χ0) is 26.0. The van der Waals surface area contributed by atoms with Crippen molar-refractivity contribution in [3.8, 4) is 11.5 Å². The predicted octanol–water partition coefficient (Wildman–Crippen LogP) is 9.22. The van der Waals surface area contributed by atoms with Gasteiger partial charge in [0.1, 0.15) is 24.3 Å². The smallest absolute Gasteiger partial charge is 0.343 e. The highest BCUT2D eigenvalue weighted by Crippen LogP contribution is 2.20. The second-order valence-corrected chi connectivity index (χ2v) is 9.62. The van der Waals surface area contributed by atoms with E-state index in [1.165, 1.54) is 50.5 Å². The minimum absolute atomic E-state index is 0.218. The van der Waals surface area contributed by atoms with E-state index in [4.69, 9.17) is 9.47 Å². The molecule has 0 heterocycles. The molecule has 0 amide bonds. The summed E-state index contributed by atoms with van der Waals surface area (Å²) in [6.07, 6.45) is 10.8. The summed E-state index contributed by atoms with van der Waals surface area (Å²) in [7, 11) is 0. The van der Waals surface area contributed by atoms with Crippen molar-refractivity contribution in [3.05, 3.63) is 59.7 Å². The molecule has 0 saturated heterocycles. The molecule has 36 heavy (non-hydrogen) atoms. The normalized spacial score (nSPS) is 12.8. The van der Waals surface area contributed by atoms with Gasteiger partial charge in [0.15, 0.2) is 6.17 Å². The second kappa shape index (κ2) is 17.9. The van der Waals surface area contributed by atoms with E-state index < -0.39 is 18.3 Å². The molecular formula is C31H44F2O3. The number of rotatable bonds is 19. The van der Waals surface area contributed by atoms with Crippen LogP contribution in [0.2, 0.25) is 0 Å². The van der Waals surface area contributed by atoms with Gasteiger partial charge in [-0.3, -0.25) is 0 Å². The van der Waals surface area contributed by atoms with E-state index in [2.05, 4.69) is 13.8 Å². The molecule has 0 radical (unpaired) electrons. The summed E-state index contributed by atoms with van der Waals surface area (Å²) in [5, 5.41) is 0. The Balaban J connectivity index is 1.70. The summed E-state index contributed by atoms with van der Waals surface area (Å²) in [5.41, 5.74) is 1.61. The van der Waals surface area contributed by atoms with Crippen LogP contribution in [0.25, 0.3) is 0 Å². The fourth-order valence-electron chi connectivity index (χ4n) is 4.09. The van der Waals surface area contributed by atoms with Crippen LogP contribution in [0.15, 0.2) is 48.5 Å². The van der Waals surface area contributed by atoms with E-state index in [1.807, 2.05) is 24.3 Å². The maximum absolute atomic E-state index is 14.0. The molecule has 2 aromatic carbocycles. The highest BCUT2D eigenvalue weighted by atomic mass is 19.2. The Kier molecular flexibility index (Phi) is 14.8. The molecule has 2 atom stereocenters. The Hall–Kier alpha value is -2.43. The van der Waals surface area contributed by atoms with Crippen molar-refractivity contribution < 1.29 is 23.0 Å². The molecule has 200 valence electrons. The molecule has 0 fully saturated rings. The van der Waals surface area contributed by atoms with Crippen LogP contribution in [0.1, 0.15) is 107 Å². The fraction of sp³-hybridized carbons (Fsp3) is 0.581. The van der Waals surface area contributed by atoms with Gasteiger partial charge < -0.3 is 9.47 Å². The Labute approximate surface area is 216 Å². The average molecular weight is 503 g/mol. The fourth-order valence-corrected chi connectivity index (χ4v) is 4.09. The summed E-state index contributed by atoms with van der Waals surface area (Å²) in [4.78, 5) is 12.5. The number of benzene rings is 2. The van der Waals surface area contributed by atoms with Crippen LogP contribution in [0.3, 0.4) is 0 Å². The van der Waals surface area contributed by atoms with Crippen LogP contribution in [-0.2, 0) is 6.42 Å². The molecule has 0 bridgehead atoms. The SMILES string of the molecule is CCCCCCCCCc1ccc(OC(=O)c2ccc(OCC(F)C(F)CCCCCC)cc2)cc1.